The van der Waals surface area contributed by atoms with E-state index in [-0.39, 0.29) is 24.0 Å². The molecule has 4 nitrogen and oxygen atoms in total. The molecule has 1 heterocycles. The minimum Gasteiger partial charge on any atom is -0.489 e. The van der Waals surface area contributed by atoms with E-state index >= 15 is 0 Å². The Morgan fingerprint density at radius 2 is 1.78 bits per heavy atom. The Morgan fingerprint density at radius 3 is 2.33 bits per heavy atom. The average Bonchev–Trinajstić information content (AvgIpc) is 3.37. The zero-order chi connectivity index (χ0) is 26.3. The summed E-state index contributed by atoms with van der Waals surface area (Å²) < 4.78 is 90.1. The van der Waals surface area contributed by atoms with Crippen molar-refractivity contribution in [1.29, 1.82) is 0 Å². The van der Waals surface area contributed by atoms with Crippen molar-refractivity contribution in [2.75, 3.05) is 20.3 Å². The summed E-state index contributed by atoms with van der Waals surface area (Å²) in [6.45, 7) is 2.28. The largest absolute Gasteiger partial charge is 0.489 e. The molecule has 0 amide bonds. The summed E-state index contributed by atoms with van der Waals surface area (Å²) in [5.41, 5.74) is -0.702. The predicted molar refractivity (Wildman–Crippen MR) is 127 cm³/mol. The number of halogens is 6. The van der Waals surface area contributed by atoms with Gasteiger partial charge in [-0.1, -0.05) is 24.3 Å². The molecule has 1 atom stereocenters. The van der Waals surface area contributed by atoms with Crippen LogP contribution in [0.4, 0.5) is 26.3 Å². The van der Waals surface area contributed by atoms with Crippen molar-refractivity contribution in [3.63, 3.8) is 0 Å². The Bertz CT molecular complexity index is 1110. The van der Waals surface area contributed by atoms with Crippen LogP contribution in [0.5, 0.6) is 5.75 Å². The second-order valence-electron chi connectivity index (χ2n) is 8.02. The third-order valence-corrected chi connectivity index (χ3v) is 5.54. The number of nitrogens with one attached hydrogen (secondary N) is 1. The quantitative estimate of drug-likeness (QED) is 0.247. The minimum atomic E-state index is -4.68. The summed E-state index contributed by atoms with van der Waals surface area (Å²) in [5, 5.41) is 3.24. The van der Waals surface area contributed by atoms with Crippen molar-refractivity contribution < 1.29 is 35.8 Å². The molecule has 194 valence electrons. The molecule has 1 N–H and O–H groups in total. The Morgan fingerprint density at radius 1 is 1.06 bits per heavy atom. The van der Waals surface area contributed by atoms with Crippen molar-refractivity contribution in [1.82, 2.24) is 5.32 Å². The molecule has 10 heteroatoms. The van der Waals surface area contributed by atoms with Gasteiger partial charge in [0.2, 0.25) is 5.90 Å². The predicted octanol–water partition coefficient (Wildman–Crippen LogP) is 6.97. The molecule has 0 aromatic heterocycles. The zero-order valence-electron chi connectivity index (χ0n) is 19.7. The molecular formula is C26H26F6N2O2. The molecule has 1 saturated heterocycles. The lowest BCUT2D eigenvalue weighted by molar-refractivity contribution is -0.139. The normalized spacial score (nSPS) is 17.6. The van der Waals surface area contributed by atoms with Gasteiger partial charge in [-0.25, -0.2) is 4.99 Å². The summed E-state index contributed by atoms with van der Waals surface area (Å²) in [4.78, 5) is 4.45. The third kappa shape index (κ3) is 7.13. The molecule has 1 unspecified atom stereocenters. The Hall–Kier alpha value is -3.27. The highest BCUT2D eigenvalue weighted by Gasteiger charge is 2.35. The van der Waals surface area contributed by atoms with E-state index in [0.29, 0.717) is 17.2 Å². The second-order valence-corrected chi connectivity index (χ2v) is 8.02. The number of rotatable bonds is 7. The molecule has 0 spiro atoms. The molecule has 1 aliphatic rings. The van der Waals surface area contributed by atoms with E-state index in [4.69, 9.17) is 9.47 Å². The lowest BCUT2D eigenvalue weighted by Crippen LogP contribution is -2.32. The molecular weight excluding hydrogens is 486 g/mol. The number of alkyl halides is 6. The lowest BCUT2D eigenvalue weighted by atomic mass is 10.1. The van der Waals surface area contributed by atoms with Gasteiger partial charge in [0, 0.05) is 5.56 Å². The average molecular weight is 512 g/mol. The van der Waals surface area contributed by atoms with Crippen molar-refractivity contribution in [3.8, 4) is 5.75 Å². The van der Waals surface area contributed by atoms with Gasteiger partial charge in [0.05, 0.1) is 30.0 Å². The molecule has 0 radical (unpaired) electrons. The van der Waals surface area contributed by atoms with Gasteiger partial charge in [0.25, 0.3) is 0 Å². The first-order chi connectivity index (χ1) is 17.0. The fourth-order valence-corrected chi connectivity index (χ4v) is 3.72. The Labute approximate surface area is 205 Å². The highest BCUT2D eigenvalue weighted by atomic mass is 19.4. The highest BCUT2D eigenvalue weighted by Crippen LogP contribution is 2.38. The summed E-state index contributed by atoms with van der Waals surface area (Å²) in [6.07, 6.45) is -2.84. The van der Waals surface area contributed by atoms with E-state index < -0.39 is 23.5 Å². The van der Waals surface area contributed by atoms with Crippen LogP contribution < -0.4 is 10.1 Å². The van der Waals surface area contributed by atoms with Gasteiger partial charge in [-0.2, -0.15) is 26.3 Å². The van der Waals surface area contributed by atoms with Gasteiger partial charge in [0.1, 0.15) is 12.4 Å². The topological polar surface area (TPSA) is 42.8 Å². The summed E-state index contributed by atoms with van der Waals surface area (Å²) >= 11 is 0. The molecule has 1 aliphatic heterocycles. The Kier molecular flexibility index (Phi) is 8.84. The van der Waals surface area contributed by atoms with Crippen LogP contribution >= 0.6 is 0 Å². The van der Waals surface area contributed by atoms with Crippen molar-refractivity contribution in [2.24, 2.45) is 4.99 Å². The summed E-state index contributed by atoms with van der Waals surface area (Å²) in [6, 6.07) is 7.99. The molecule has 0 aliphatic carbocycles. The van der Waals surface area contributed by atoms with E-state index in [1.165, 1.54) is 43.5 Å². The van der Waals surface area contributed by atoms with Crippen LogP contribution in [0.2, 0.25) is 0 Å². The lowest BCUT2D eigenvalue weighted by Gasteiger charge is -2.16. The van der Waals surface area contributed by atoms with Crippen molar-refractivity contribution in [2.45, 2.75) is 38.2 Å². The number of hydrogen-bond donors (Lipinski definition) is 1. The molecule has 0 bridgehead atoms. The zero-order valence-corrected chi connectivity index (χ0v) is 19.7. The fourth-order valence-electron chi connectivity index (χ4n) is 3.72. The van der Waals surface area contributed by atoms with Crippen molar-refractivity contribution in [3.05, 3.63) is 76.9 Å². The van der Waals surface area contributed by atoms with Crippen LogP contribution in [0.1, 0.15) is 42.0 Å². The number of aliphatic imine (C=N–C) groups is 1. The van der Waals surface area contributed by atoms with Gasteiger partial charge in [0.15, 0.2) is 0 Å². The third-order valence-electron chi connectivity index (χ3n) is 5.54. The van der Waals surface area contributed by atoms with Gasteiger partial charge in [-0.05, 0) is 68.3 Å². The van der Waals surface area contributed by atoms with Gasteiger partial charge >= 0.3 is 12.4 Å². The van der Waals surface area contributed by atoms with Crippen LogP contribution in [0, 0.1) is 0 Å². The first kappa shape index (κ1) is 27.3. The Balaban J connectivity index is 1.76. The molecule has 0 saturated carbocycles. The fraction of sp³-hybridized carbons (Fsp3) is 0.346. The maximum absolute atomic E-state index is 13.8. The van der Waals surface area contributed by atoms with Gasteiger partial charge < -0.3 is 14.8 Å². The molecule has 3 rings (SSSR count). The van der Waals surface area contributed by atoms with Crippen LogP contribution in [0.3, 0.4) is 0 Å². The van der Waals surface area contributed by atoms with Crippen molar-refractivity contribution >= 4 is 17.7 Å². The van der Waals surface area contributed by atoms with E-state index in [1.807, 2.05) is 0 Å². The number of allylic oxidation sites excluding steroid dienone is 1. The van der Waals surface area contributed by atoms with Gasteiger partial charge in [-0.3, -0.25) is 0 Å². The van der Waals surface area contributed by atoms with Gasteiger partial charge in [-0.15, -0.1) is 0 Å². The first-order valence-corrected chi connectivity index (χ1v) is 11.2. The monoisotopic (exact) mass is 512 g/mol. The van der Waals surface area contributed by atoms with E-state index in [2.05, 4.69) is 10.3 Å². The summed E-state index contributed by atoms with van der Waals surface area (Å²) in [5.74, 6) is 0.0371. The number of nitrogens with zero attached hydrogens (tertiary/aromatic N) is 1. The number of ether oxygens (including phenoxy) is 2. The van der Waals surface area contributed by atoms with Crippen LogP contribution in [-0.4, -0.2) is 32.2 Å². The van der Waals surface area contributed by atoms with Crippen LogP contribution in [0.15, 0.2) is 59.6 Å². The maximum atomic E-state index is 13.8. The maximum Gasteiger partial charge on any atom is 0.419 e. The number of methoxy groups -OCH3 is 1. The second kappa shape index (κ2) is 11.6. The van der Waals surface area contributed by atoms with E-state index in [1.54, 1.807) is 13.0 Å². The number of benzene rings is 2. The first-order valence-electron chi connectivity index (χ1n) is 11.2. The standard InChI is InChI=1S/C26H26F6N2O2/c1-3-21(34-24(35-2)22-7-4-14-33-22)18-10-13-23(20(16-18)26(30,31)32)36-15-5-6-17-8-11-19(12-9-17)25(27,28)29/h3,5-6,8-13,16,22,33H,4,7,14-15H2,1-2H3/b6-5+,21-3-,34-24-. The molecule has 1 fully saturated rings. The highest BCUT2D eigenvalue weighted by molar-refractivity contribution is 5.88. The van der Waals surface area contributed by atoms with Crippen LogP contribution in [0.25, 0.3) is 11.8 Å². The molecule has 2 aromatic carbocycles. The minimum absolute atomic E-state index is 0.0916. The number of hydrogen-bond acceptors (Lipinski definition) is 4. The van der Waals surface area contributed by atoms with E-state index in [9.17, 15) is 26.3 Å². The van der Waals surface area contributed by atoms with E-state index in [0.717, 1.165) is 37.6 Å². The SMILES string of the molecule is C/C=C(\N=C(/OC)C1CCCN1)c1ccc(OC/C=C/c2ccc(C(F)(F)F)cc2)c(C(F)(F)F)c1. The van der Waals surface area contributed by atoms with Crippen LogP contribution in [-0.2, 0) is 17.1 Å². The molecule has 2 aromatic rings. The molecule has 36 heavy (non-hydrogen) atoms. The summed E-state index contributed by atoms with van der Waals surface area (Å²) in [7, 11) is 1.47. The smallest absolute Gasteiger partial charge is 0.419 e.